The van der Waals surface area contributed by atoms with Crippen LogP contribution in [0.2, 0.25) is 0 Å². The maximum absolute atomic E-state index is 12.5. The maximum atomic E-state index is 12.5. The third kappa shape index (κ3) is 4.95. The number of carbonyl (C=O) groups excluding carboxylic acids is 2. The van der Waals surface area contributed by atoms with Gasteiger partial charge in [0.25, 0.3) is 5.91 Å². The van der Waals surface area contributed by atoms with Gasteiger partial charge in [0.2, 0.25) is 5.78 Å². The molecular weight excluding hydrogens is 386 g/mol. The molecule has 31 heavy (non-hydrogen) atoms. The molecule has 4 aromatic rings. The minimum absolute atomic E-state index is 0.218. The molecule has 0 spiro atoms. The molecule has 0 fully saturated rings. The fourth-order valence-corrected chi connectivity index (χ4v) is 3.37. The molecule has 154 valence electrons. The van der Waals surface area contributed by atoms with Crippen molar-refractivity contribution >= 4 is 11.7 Å². The summed E-state index contributed by atoms with van der Waals surface area (Å²) in [5, 5.41) is 7.50. The summed E-state index contributed by atoms with van der Waals surface area (Å²) in [6.07, 6.45) is 1.92. The van der Waals surface area contributed by atoms with E-state index >= 15 is 0 Å². The zero-order valence-electron chi connectivity index (χ0n) is 17.3. The van der Waals surface area contributed by atoms with Gasteiger partial charge in [-0.3, -0.25) is 14.3 Å². The molecule has 1 amide bonds. The van der Waals surface area contributed by atoms with Gasteiger partial charge >= 0.3 is 0 Å². The van der Waals surface area contributed by atoms with E-state index in [1.807, 2.05) is 90.6 Å². The smallest absolute Gasteiger partial charge is 0.292 e. The SMILES string of the molecule is Cc1ccc(C(=O)C(=O)NCc2cn(Cc3ccccc3)nc2-c2ccccc2)cc1. The number of rotatable bonds is 7. The maximum Gasteiger partial charge on any atom is 0.292 e. The molecule has 5 heteroatoms. The Balaban J connectivity index is 1.54. The second kappa shape index (κ2) is 9.22. The minimum atomic E-state index is -0.626. The zero-order valence-corrected chi connectivity index (χ0v) is 17.3. The van der Waals surface area contributed by atoms with E-state index < -0.39 is 11.7 Å². The first-order chi connectivity index (χ1) is 15.1. The van der Waals surface area contributed by atoms with E-state index in [9.17, 15) is 9.59 Å². The molecule has 5 nitrogen and oxygen atoms in total. The second-order valence-electron chi connectivity index (χ2n) is 7.43. The Bertz CT molecular complexity index is 1180. The summed E-state index contributed by atoms with van der Waals surface area (Å²) in [4.78, 5) is 24.9. The van der Waals surface area contributed by atoms with Gasteiger partial charge in [0.1, 0.15) is 0 Å². The predicted octanol–water partition coefficient (Wildman–Crippen LogP) is 4.41. The first-order valence-electron chi connectivity index (χ1n) is 10.1. The zero-order chi connectivity index (χ0) is 21.6. The lowest BCUT2D eigenvalue weighted by Gasteiger charge is -2.05. The van der Waals surface area contributed by atoms with E-state index in [4.69, 9.17) is 5.10 Å². The third-order valence-corrected chi connectivity index (χ3v) is 5.03. The summed E-state index contributed by atoms with van der Waals surface area (Å²) in [7, 11) is 0. The molecule has 4 rings (SSSR count). The molecule has 1 heterocycles. The highest BCUT2D eigenvalue weighted by atomic mass is 16.2. The van der Waals surface area contributed by atoms with E-state index in [0.717, 1.165) is 27.9 Å². The van der Waals surface area contributed by atoms with E-state index in [0.29, 0.717) is 12.1 Å². The lowest BCUT2D eigenvalue weighted by atomic mass is 10.1. The number of aryl methyl sites for hydroxylation is 1. The van der Waals surface area contributed by atoms with Gasteiger partial charge in [0.15, 0.2) is 0 Å². The largest absolute Gasteiger partial charge is 0.345 e. The Morgan fingerprint density at radius 2 is 1.52 bits per heavy atom. The van der Waals surface area contributed by atoms with Crippen LogP contribution in [0, 0.1) is 6.92 Å². The van der Waals surface area contributed by atoms with Gasteiger partial charge in [-0.05, 0) is 12.5 Å². The van der Waals surface area contributed by atoms with E-state index in [2.05, 4.69) is 5.32 Å². The van der Waals surface area contributed by atoms with E-state index in [-0.39, 0.29) is 6.54 Å². The number of carbonyl (C=O) groups is 2. The van der Waals surface area contributed by atoms with Crippen molar-refractivity contribution in [1.29, 1.82) is 0 Å². The van der Waals surface area contributed by atoms with Crippen molar-refractivity contribution in [2.75, 3.05) is 0 Å². The summed E-state index contributed by atoms with van der Waals surface area (Å²) in [6, 6.07) is 26.9. The molecule has 0 aliphatic heterocycles. The number of amides is 1. The minimum Gasteiger partial charge on any atom is -0.345 e. The van der Waals surface area contributed by atoms with E-state index in [1.54, 1.807) is 12.1 Å². The molecule has 0 atom stereocenters. The van der Waals surface area contributed by atoms with Crippen molar-refractivity contribution in [3.05, 3.63) is 113 Å². The highest BCUT2D eigenvalue weighted by Crippen LogP contribution is 2.22. The fourth-order valence-electron chi connectivity index (χ4n) is 3.37. The number of ketones is 1. The van der Waals surface area contributed by atoms with Crippen LogP contribution in [0.1, 0.15) is 27.0 Å². The van der Waals surface area contributed by atoms with Gasteiger partial charge in [-0.2, -0.15) is 5.10 Å². The van der Waals surface area contributed by atoms with Gasteiger partial charge in [0.05, 0.1) is 12.2 Å². The number of nitrogens with zero attached hydrogens (tertiary/aromatic N) is 2. The Labute approximate surface area is 181 Å². The normalized spacial score (nSPS) is 10.6. The molecule has 1 N–H and O–H groups in total. The van der Waals surface area contributed by atoms with Crippen LogP contribution in [0.25, 0.3) is 11.3 Å². The van der Waals surface area contributed by atoms with E-state index in [1.165, 1.54) is 0 Å². The summed E-state index contributed by atoms with van der Waals surface area (Å²) < 4.78 is 1.86. The topological polar surface area (TPSA) is 64.0 Å². The van der Waals surface area contributed by atoms with Crippen molar-refractivity contribution in [2.24, 2.45) is 0 Å². The quantitative estimate of drug-likeness (QED) is 0.363. The molecule has 0 bridgehead atoms. The Morgan fingerprint density at radius 3 is 2.19 bits per heavy atom. The molecule has 0 aliphatic carbocycles. The molecular formula is C26H23N3O2. The first-order valence-corrected chi connectivity index (χ1v) is 10.1. The van der Waals surface area contributed by atoms with Gasteiger partial charge in [-0.15, -0.1) is 0 Å². The molecule has 0 unspecified atom stereocenters. The second-order valence-corrected chi connectivity index (χ2v) is 7.43. The Morgan fingerprint density at radius 1 is 0.871 bits per heavy atom. The third-order valence-electron chi connectivity index (χ3n) is 5.03. The van der Waals surface area contributed by atoms with Crippen LogP contribution in [0.3, 0.4) is 0 Å². The van der Waals surface area contributed by atoms with Crippen molar-refractivity contribution in [1.82, 2.24) is 15.1 Å². The van der Waals surface area contributed by atoms with Gasteiger partial charge in [0, 0.05) is 29.4 Å². The molecule has 3 aromatic carbocycles. The van der Waals surface area contributed by atoms with Crippen LogP contribution in [0.4, 0.5) is 0 Å². The summed E-state index contributed by atoms with van der Waals surface area (Å²) in [5.74, 6) is -1.17. The van der Waals surface area contributed by atoms with Crippen molar-refractivity contribution in [2.45, 2.75) is 20.0 Å². The van der Waals surface area contributed by atoms with Crippen LogP contribution in [-0.2, 0) is 17.9 Å². The van der Waals surface area contributed by atoms with Gasteiger partial charge in [-0.1, -0.05) is 90.5 Å². The monoisotopic (exact) mass is 409 g/mol. The number of benzene rings is 3. The Kier molecular flexibility index (Phi) is 6.03. The summed E-state index contributed by atoms with van der Waals surface area (Å²) >= 11 is 0. The fraction of sp³-hybridized carbons (Fsp3) is 0.115. The van der Waals surface area contributed by atoms with Crippen molar-refractivity contribution < 1.29 is 9.59 Å². The highest BCUT2D eigenvalue weighted by Gasteiger charge is 2.18. The number of Topliss-reactive ketones (excluding diaryl/α,β-unsaturated/α-hetero) is 1. The van der Waals surface area contributed by atoms with Crippen LogP contribution < -0.4 is 5.32 Å². The van der Waals surface area contributed by atoms with Crippen LogP contribution in [0.15, 0.2) is 91.1 Å². The number of nitrogens with one attached hydrogen (secondary N) is 1. The summed E-state index contributed by atoms with van der Waals surface area (Å²) in [5.41, 5.74) is 5.16. The standard InChI is InChI=1S/C26H23N3O2/c1-19-12-14-22(15-13-19)25(30)26(31)27-16-23-18-29(17-20-8-4-2-5-9-20)28-24(23)21-10-6-3-7-11-21/h2-15,18H,16-17H2,1H3,(H,27,31). The van der Waals surface area contributed by atoms with Gasteiger partial charge < -0.3 is 5.32 Å². The van der Waals surface area contributed by atoms with Crippen LogP contribution >= 0.6 is 0 Å². The lowest BCUT2D eigenvalue weighted by Crippen LogP contribution is -2.30. The average molecular weight is 409 g/mol. The lowest BCUT2D eigenvalue weighted by molar-refractivity contribution is -0.117. The molecule has 0 saturated carbocycles. The molecule has 0 aliphatic rings. The summed E-state index contributed by atoms with van der Waals surface area (Å²) in [6.45, 7) is 2.78. The molecule has 0 saturated heterocycles. The highest BCUT2D eigenvalue weighted by molar-refractivity contribution is 6.42. The number of hydrogen-bond acceptors (Lipinski definition) is 3. The van der Waals surface area contributed by atoms with Crippen molar-refractivity contribution in [3.63, 3.8) is 0 Å². The Hall–Kier alpha value is -3.99. The van der Waals surface area contributed by atoms with Crippen LogP contribution in [-0.4, -0.2) is 21.5 Å². The van der Waals surface area contributed by atoms with Crippen molar-refractivity contribution in [3.8, 4) is 11.3 Å². The molecule has 0 radical (unpaired) electrons. The van der Waals surface area contributed by atoms with Crippen LogP contribution in [0.5, 0.6) is 0 Å². The first kappa shape index (κ1) is 20.3. The van der Waals surface area contributed by atoms with Gasteiger partial charge in [-0.25, -0.2) is 0 Å². The average Bonchev–Trinajstić information content (AvgIpc) is 3.21. The number of aromatic nitrogens is 2. The molecule has 1 aromatic heterocycles. The number of hydrogen-bond donors (Lipinski definition) is 1. The predicted molar refractivity (Wildman–Crippen MR) is 121 cm³/mol.